The molecule has 0 saturated heterocycles. The topological polar surface area (TPSA) is 42.4 Å². The average Bonchev–Trinajstić information content (AvgIpc) is 2.65. The normalized spacial score (nSPS) is 13.6. The number of hydrogen-bond donors (Lipinski definition) is 0. The van der Waals surface area contributed by atoms with Crippen molar-refractivity contribution in [1.82, 2.24) is 4.98 Å². The number of hydrogen-bond acceptors (Lipinski definition) is 3. The zero-order chi connectivity index (χ0) is 16.4. The molecule has 0 bridgehead atoms. The largest absolute Gasteiger partial charge is 0.484 e. The van der Waals surface area contributed by atoms with Crippen LogP contribution in [0.15, 0.2) is 60.8 Å². The number of carbonyl (C=O) groups is 1. The minimum absolute atomic E-state index is 0.00608. The predicted molar refractivity (Wildman–Crippen MR) is 94.4 cm³/mol. The second-order valence-corrected chi connectivity index (χ2v) is 5.92. The monoisotopic (exact) mass is 318 g/mol. The standard InChI is InChI=1S/C20H18N2O2/c23-20(22-12-4-7-15-5-1-2-8-19(15)22)14-24-17-9-10-18-16(13-17)6-3-11-21-18/h1-3,5-6,8-11,13H,4,7,12,14H2. The van der Waals surface area contributed by atoms with Gasteiger partial charge in [0.05, 0.1) is 5.52 Å². The number of carbonyl (C=O) groups excluding carboxylic acids is 1. The van der Waals surface area contributed by atoms with Crippen molar-refractivity contribution in [1.29, 1.82) is 0 Å². The molecule has 0 fully saturated rings. The Labute approximate surface area is 140 Å². The highest BCUT2D eigenvalue weighted by molar-refractivity contribution is 5.95. The molecule has 1 amide bonds. The van der Waals surface area contributed by atoms with E-state index in [-0.39, 0.29) is 12.5 Å². The Kier molecular flexibility index (Phi) is 3.87. The lowest BCUT2D eigenvalue weighted by Gasteiger charge is -2.29. The summed E-state index contributed by atoms with van der Waals surface area (Å²) in [6, 6.07) is 17.6. The summed E-state index contributed by atoms with van der Waals surface area (Å²) in [4.78, 5) is 18.7. The van der Waals surface area contributed by atoms with Crippen LogP contribution in [0, 0.1) is 0 Å². The summed E-state index contributed by atoms with van der Waals surface area (Å²) in [5.74, 6) is 0.683. The number of pyridine rings is 1. The smallest absolute Gasteiger partial charge is 0.264 e. The third-order valence-corrected chi connectivity index (χ3v) is 4.35. The first-order chi connectivity index (χ1) is 11.8. The molecule has 0 spiro atoms. The van der Waals surface area contributed by atoms with Crippen molar-refractivity contribution >= 4 is 22.5 Å². The zero-order valence-electron chi connectivity index (χ0n) is 13.3. The fourth-order valence-electron chi connectivity index (χ4n) is 3.16. The van der Waals surface area contributed by atoms with E-state index in [2.05, 4.69) is 11.1 Å². The van der Waals surface area contributed by atoms with Crippen LogP contribution in [-0.4, -0.2) is 24.0 Å². The highest BCUT2D eigenvalue weighted by Gasteiger charge is 2.22. The highest BCUT2D eigenvalue weighted by atomic mass is 16.5. The Balaban J connectivity index is 1.48. The highest BCUT2D eigenvalue weighted by Crippen LogP contribution is 2.27. The van der Waals surface area contributed by atoms with E-state index in [0.717, 1.165) is 36.0 Å². The van der Waals surface area contributed by atoms with Gasteiger partial charge in [-0.15, -0.1) is 0 Å². The van der Waals surface area contributed by atoms with Gasteiger partial charge in [0.15, 0.2) is 6.61 Å². The van der Waals surface area contributed by atoms with Gasteiger partial charge in [0, 0.05) is 23.8 Å². The first-order valence-electron chi connectivity index (χ1n) is 8.17. The number of benzene rings is 2. The maximum Gasteiger partial charge on any atom is 0.264 e. The summed E-state index contributed by atoms with van der Waals surface area (Å²) >= 11 is 0. The number of nitrogens with zero attached hydrogens (tertiary/aromatic N) is 2. The first-order valence-corrected chi connectivity index (χ1v) is 8.17. The van der Waals surface area contributed by atoms with Crippen LogP contribution in [0.25, 0.3) is 10.9 Å². The Morgan fingerprint density at radius 1 is 1.12 bits per heavy atom. The molecular weight excluding hydrogens is 300 g/mol. The van der Waals surface area contributed by atoms with E-state index >= 15 is 0 Å². The molecule has 1 aromatic heterocycles. The third kappa shape index (κ3) is 2.83. The van der Waals surface area contributed by atoms with E-state index in [0.29, 0.717) is 5.75 Å². The van der Waals surface area contributed by atoms with Gasteiger partial charge >= 0.3 is 0 Å². The fourth-order valence-corrected chi connectivity index (χ4v) is 3.16. The van der Waals surface area contributed by atoms with Gasteiger partial charge in [-0.2, -0.15) is 0 Å². The summed E-state index contributed by atoms with van der Waals surface area (Å²) in [6.07, 6.45) is 3.78. The molecule has 24 heavy (non-hydrogen) atoms. The molecule has 4 nitrogen and oxygen atoms in total. The van der Waals surface area contributed by atoms with E-state index < -0.39 is 0 Å². The predicted octanol–water partition coefficient (Wildman–Crippen LogP) is 3.59. The minimum atomic E-state index is -0.00608. The van der Waals surface area contributed by atoms with Crippen LogP contribution < -0.4 is 9.64 Å². The molecule has 0 saturated carbocycles. The molecule has 2 aromatic carbocycles. The molecule has 4 rings (SSSR count). The number of aryl methyl sites for hydroxylation is 1. The molecule has 1 aliphatic rings. The lowest BCUT2D eigenvalue weighted by atomic mass is 10.0. The van der Waals surface area contributed by atoms with E-state index in [4.69, 9.17) is 4.74 Å². The van der Waals surface area contributed by atoms with Crippen molar-refractivity contribution < 1.29 is 9.53 Å². The van der Waals surface area contributed by atoms with Crippen LogP contribution in [0.1, 0.15) is 12.0 Å². The van der Waals surface area contributed by atoms with Gasteiger partial charge in [-0.1, -0.05) is 24.3 Å². The molecule has 1 aliphatic heterocycles. The van der Waals surface area contributed by atoms with Gasteiger partial charge in [-0.05, 0) is 48.7 Å². The zero-order valence-corrected chi connectivity index (χ0v) is 13.3. The van der Waals surface area contributed by atoms with Gasteiger partial charge < -0.3 is 9.64 Å². The van der Waals surface area contributed by atoms with Crippen LogP contribution in [-0.2, 0) is 11.2 Å². The lowest BCUT2D eigenvalue weighted by molar-refractivity contribution is -0.120. The number of aromatic nitrogens is 1. The van der Waals surface area contributed by atoms with Crippen LogP contribution in [0.2, 0.25) is 0 Å². The van der Waals surface area contributed by atoms with Crippen LogP contribution in [0.4, 0.5) is 5.69 Å². The van der Waals surface area contributed by atoms with Crippen molar-refractivity contribution in [2.75, 3.05) is 18.1 Å². The number of anilines is 1. The van der Waals surface area contributed by atoms with Crippen LogP contribution in [0.3, 0.4) is 0 Å². The quantitative estimate of drug-likeness (QED) is 0.741. The van der Waals surface area contributed by atoms with Gasteiger partial charge in [0.1, 0.15) is 5.75 Å². The maximum atomic E-state index is 12.6. The van der Waals surface area contributed by atoms with Crippen molar-refractivity contribution in [2.45, 2.75) is 12.8 Å². The van der Waals surface area contributed by atoms with Gasteiger partial charge in [-0.3, -0.25) is 9.78 Å². The summed E-state index contributed by atoms with van der Waals surface area (Å²) < 4.78 is 5.73. The van der Waals surface area contributed by atoms with Gasteiger partial charge in [0.25, 0.3) is 5.91 Å². The molecule has 0 unspecified atom stereocenters. The Bertz CT molecular complexity index is 891. The second-order valence-electron chi connectivity index (χ2n) is 5.92. The number of amides is 1. The third-order valence-electron chi connectivity index (χ3n) is 4.35. The summed E-state index contributed by atoms with van der Waals surface area (Å²) in [7, 11) is 0. The van der Waals surface area contributed by atoms with E-state index in [1.165, 1.54) is 5.56 Å². The number of fused-ring (bicyclic) bond motifs is 2. The number of ether oxygens (including phenoxy) is 1. The summed E-state index contributed by atoms with van der Waals surface area (Å²) in [5, 5.41) is 1.01. The van der Waals surface area contributed by atoms with Crippen LogP contribution in [0.5, 0.6) is 5.75 Å². The fraction of sp³-hybridized carbons (Fsp3) is 0.200. The second kappa shape index (κ2) is 6.32. The molecule has 0 atom stereocenters. The van der Waals surface area contributed by atoms with Crippen molar-refractivity contribution in [2.24, 2.45) is 0 Å². The van der Waals surface area contributed by atoms with E-state index in [1.807, 2.05) is 53.4 Å². The summed E-state index contributed by atoms with van der Waals surface area (Å²) in [6.45, 7) is 0.793. The van der Waals surface area contributed by atoms with Gasteiger partial charge in [0.2, 0.25) is 0 Å². The van der Waals surface area contributed by atoms with Crippen molar-refractivity contribution in [3.63, 3.8) is 0 Å². The maximum absolute atomic E-state index is 12.6. The molecule has 120 valence electrons. The molecular formula is C20H18N2O2. The molecule has 2 heterocycles. The molecule has 4 heteroatoms. The number of para-hydroxylation sites is 1. The Morgan fingerprint density at radius 2 is 2.04 bits per heavy atom. The van der Waals surface area contributed by atoms with E-state index in [1.54, 1.807) is 6.20 Å². The van der Waals surface area contributed by atoms with Crippen molar-refractivity contribution in [3.8, 4) is 5.75 Å². The van der Waals surface area contributed by atoms with Gasteiger partial charge in [-0.25, -0.2) is 0 Å². The average molecular weight is 318 g/mol. The molecule has 0 aliphatic carbocycles. The Morgan fingerprint density at radius 3 is 3.00 bits per heavy atom. The molecule has 0 radical (unpaired) electrons. The van der Waals surface area contributed by atoms with Crippen LogP contribution >= 0.6 is 0 Å². The molecule has 3 aromatic rings. The SMILES string of the molecule is O=C(COc1ccc2ncccc2c1)N1CCCc2ccccc21. The Hall–Kier alpha value is -2.88. The van der Waals surface area contributed by atoms with Crippen molar-refractivity contribution in [3.05, 3.63) is 66.4 Å². The van der Waals surface area contributed by atoms with E-state index in [9.17, 15) is 4.79 Å². The molecule has 0 N–H and O–H groups in total. The first kappa shape index (κ1) is 14.7. The number of rotatable bonds is 3. The summed E-state index contributed by atoms with van der Waals surface area (Å²) in [5.41, 5.74) is 3.16. The lowest BCUT2D eigenvalue weighted by Crippen LogP contribution is -2.38. The minimum Gasteiger partial charge on any atom is -0.484 e.